The minimum absolute atomic E-state index is 0.648. The van der Waals surface area contributed by atoms with E-state index in [1.807, 2.05) is 20.8 Å². The van der Waals surface area contributed by atoms with Crippen LogP contribution in [0.4, 0.5) is 0 Å². The number of hydrogen-bond donors (Lipinski definition) is 0. The lowest BCUT2D eigenvalue weighted by atomic mass is 10.1. The van der Waals surface area contributed by atoms with Crippen molar-refractivity contribution in [3.8, 4) is 0 Å². The third-order valence-corrected chi connectivity index (χ3v) is 5.71. The molecule has 0 unspecified atom stereocenters. The van der Waals surface area contributed by atoms with Crippen LogP contribution in [0.15, 0.2) is 23.8 Å². The summed E-state index contributed by atoms with van der Waals surface area (Å²) in [6.45, 7) is 7.93. The Labute approximate surface area is 106 Å². The van der Waals surface area contributed by atoms with E-state index in [0.717, 1.165) is 18.9 Å². The van der Waals surface area contributed by atoms with E-state index in [0.29, 0.717) is 19.8 Å². The molecular weight excluding hydrogens is 232 g/mol. The van der Waals surface area contributed by atoms with Crippen molar-refractivity contribution in [2.45, 2.75) is 39.7 Å². The first kappa shape index (κ1) is 14.6. The molecule has 1 rings (SSSR count). The van der Waals surface area contributed by atoms with Crippen LogP contribution >= 0.6 is 0 Å². The van der Waals surface area contributed by atoms with E-state index in [2.05, 4.69) is 18.2 Å². The van der Waals surface area contributed by atoms with Gasteiger partial charge in [0, 0.05) is 25.9 Å². The molecule has 17 heavy (non-hydrogen) atoms. The summed E-state index contributed by atoms with van der Waals surface area (Å²) in [7, 11) is -2.49. The van der Waals surface area contributed by atoms with Crippen molar-refractivity contribution in [3.63, 3.8) is 0 Å². The Morgan fingerprint density at radius 2 is 1.65 bits per heavy atom. The second kappa shape index (κ2) is 7.82. The molecule has 1 aliphatic carbocycles. The molecule has 4 heteroatoms. The van der Waals surface area contributed by atoms with Crippen LogP contribution in [0, 0.1) is 0 Å². The molecule has 0 amide bonds. The summed E-state index contributed by atoms with van der Waals surface area (Å²) in [4.78, 5) is 0. The fourth-order valence-electron chi connectivity index (χ4n) is 2.02. The molecule has 0 aromatic carbocycles. The smallest absolute Gasteiger partial charge is 0.374 e. The Kier molecular flexibility index (Phi) is 6.73. The zero-order valence-corrected chi connectivity index (χ0v) is 12.2. The van der Waals surface area contributed by atoms with Crippen molar-refractivity contribution in [1.29, 1.82) is 0 Å². The topological polar surface area (TPSA) is 27.7 Å². The summed E-state index contributed by atoms with van der Waals surface area (Å²) in [5.41, 5.74) is 1.38. The van der Waals surface area contributed by atoms with E-state index >= 15 is 0 Å². The van der Waals surface area contributed by atoms with Crippen LogP contribution < -0.4 is 0 Å². The average Bonchev–Trinajstić information content (AvgIpc) is 2.31. The summed E-state index contributed by atoms with van der Waals surface area (Å²) in [6.07, 6.45) is 8.68. The monoisotopic (exact) mass is 256 g/mol. The summed E-state index contributed by atoms with van der Waals surface area (Å²) >= 11 is 0. The van der Waals surface area contributed by atoms with Crippen LogP contribution in [0.1, 0.15) is 33.6 Å². The van der Waals surface area contributed by atoms with Gasteiger partial charge in [-0.15, -0.1) is 0 Å². The van der Waals surface area contributed by atoms with Crippen molar-refractivity contribution in [1.82, 2.24) is 0 Å². The van der Waals surface area contributed by atoms with Gasteiger partial charge in [0.15, 0.2) is 0 Å². The quantitative estimate of drug-likeness (QED) is 0.624. The molecule has 98 valence electrons. The van der Waals surface area contributed by atoms with Gasteiger partial charge in [0.1, 0.15) is 0 Å². The second-order valence-electron chi connectivity index (χ2n) is 3.95. The van der Waals surface area contributed by atoms with E-state index in [4.69, 9.17) is 13.3 Å². The lowest BCUT2D eigenvalue weighted by molar-refractivity contribution is 0.0734. The summed E-state index contributed by atoms with van der Waals surface area (Å²) < 4.78 is 17.5. The van der Waals surface area contributed by atoms with Crippen molar-refractivity contribution in [3.05, 3.63) is 23.8 Å². The molecule has 0 atom stereocenters. The summed E-state index contributed by atoms with van der Waals surface area (Å²) in [6, 6.07) is 0.826. The highest BCUT2D eigenvalue weighted by Gasteiger charge is 2.41. The maximum atomic E-state index is 5.84. The van der Waals surface area contributed by atoms with Gasteiger partial charge in [0.05, 0.1) is 0 Å². The third kappa shape index (κ3) is 4.75. The molecule has 0 aromatic rings. The predicted octanol–water partition coefficient (Wildman–Crippen LogP) is 3.31. The molecule has 0 saturated carbocycles. The molecule has 1 aliphatic rings. The minimum Gasteiger partial charge on any atom is -0.374 e. The zero-order chi connectivity index (χ0) is 12.6. The molecule has 0 radical (unpaired) electrons. The van der Waals surface area contributed by atoms with Crippen molar-refractivity contribution in [2.75, 3.05) is 19.8 Å². The van der Waals surface area contributed by atoms with E-state index in [-0.39, 0.29) is 0 Å². The Hall–Kier alpha value is -0.423. The van der Waals surface area contributed by atoms with E-state index in [1.165, 1.54) is 5.57 Å². The minimum atomic E-state index is -2.49. The Bertz CT molecular complexity index is 257. The van der Waals surface area contributed by atoms with Crippen LogP contribution in [-0.4, -0.2) is 28.6 Å². The van der Waals surface area contributed by atoms with Crippen molar-refractivity contribution >= 4 is 8.80 Å². The number of allylic oxidation sites excluding steroid dienone is 4. The third-order valence-electron chi connectivity index (χ3n) is 2.64. The lowest BCUT2D eigenvalue weighted by Crippen LogP contribution is -2.46. The van der Waals surface area contributed by atoms with Gasteiger partial charge >= 0.3 is 8.80 Å². The molecule has 0 fully saturated rings. The van der Waals surface area contributed by atoms with Crippen molar-refractivity contribution < 1.29 is 13.3 Å². The van der Waals surface area contributed by atoms with Crippen LogP contribution in [-0.2, 0) is 13.3 Å². The van der Waals surface area contributed by atoms with E-state index in [1.54, 1.807) is 0 Å². The Morgan fingerprint density at radius 3 is 2.06 bits per heavy atom. The van der Waals surface area contributed by atoms with Gasteiger partial charge in [-0.2, -0.15) is 0 Å². The Morgan fingerprint density at radius 1 is 1.06 bits per heavy atom. The Balaban J connectivity index is 2.71. The van der Waals surface area contributed by atoms with Crippen LogP contribution in [0.3, 0.4) is 0 Å². The molecular formula is C13H24O3Si. The largest absolute Gasteiger partial charge is 0.505 e. The highest BCUT2D eigenvalue weighted by Crippen LogP contribution is 2.26. The second-order valence-corrected chi connectivity index (χ2v) is 6.54. The summed E-state index contributed by atoms with van der Waals surface area (Å²) in [5, 5.41) is 0. The van der Waals surface area contributed by atoms with Crippen LogP contribution in [0.5, 0.6) is 0 Å². The zero-order valence-electron chi connectivity index (χ0n) is 11.2. The van der Waals surface area contributed by atoms with Gasteiger partial charge in [0.25, 0.3) is 0 Å². The molecule has 0 N–H and O–H groups in total. The van der Waals surface area contributed by atoms with Crippen LogP contribution in [0.25, 0.3) is 0 Å². The molecule has 0 aliphatic heterocycles. The highest BCUT2D eigenvalue weighted by molar-refractivity contribution is 6.61. The van der Waals surface area contributed by atoms with Gasteiger partial charge in [0.2, 0.25) is 0 Å². The van der Waals surface area contributed by atoms with Gasteiger partial charge in [-0.3, -0.25) is 0 Å². The van der Waals surface area contributed by atoms with Gasteiger partial charge in [-0.1, -0.05) is 23.8 Å². The first-order valence-electron chi connectivity index (χ1n) is 6.52. The average molecular weight is 256 g/mol. The van der Waals surface area contributed by atoms with Gasteiger partial charge in [-0.05, 0) is 33.6 Å². The first-order chi connectivity index (χ1) is 8.26. The van der Waals surface area contributed by atoms with Gasteiger partial charge < -0.3 is 13.3 Å². The molecule has 0 spiro atoms. The molecule has 3 nitrogen and oxygen atoms in total. The number of rotatable bonds is 8. The molecule has 0 aromatic heterocycles. The number of hydrogen-bond acceptors (Lipinski definition) is 3. The maximum absolute atomic E-state index is 5.84. The fourth-order valence-corrected chi connectivity index (χ4v) is 4.74. The highest BCUT2D eigenvalue weighted by atomic mass is 28.4. The first-order valence-corrected chi connectivity index (χ1v) is 8.46. The lowest BCUT2D eigenvalue weighted by Gasteiger charge is -2.29. The standard InChI is InChI=1S/C13H24O3Si/c1-4-14-17(15-5-2,16-6-3)12-13-10-8-7-9-11-13/h7-8,10H,4-6,9,11-12H2,1-3H3. The SMILES string of the molecule is CCO[Si](CC1=CC=CCC1)(OCC)OCC. The van der Waals surface area contributed by atoms with E-state index in [9.17, 15) is 0 Å². The van der Waals surface area contributed by atoms with Gasteiger partial charge in [-0.25, -0.2) is 0 Å². The summed E-state index contributed by atoms with van der Waals surface area (Å²) in [5.74, 6) is 0. The predicted molar refractivity (Wildman–Crippen MR) is 71.9 cm³/mol. The van der Waals surface area contributed by atoms with Crippen LogP contribution in [0.2, 0.25) is 6.04 Å². The maximum Gasteiger partial charge on any atom is 0.505 e. The molecule has 0 heterocycles. The van der Waals surface area contributed by atoms with E-state index < -0.39 is 8.80 Å². The molecule has 0 bridgehead atoms. The fraction of sp³-hybridized carbons (Fsp3) is 0.692. The molecule has 0 saturated heterocycles. The van der Waals surface area contributed by atoms with Crippen molar-refractivity contribution in [2.24, 2.45) is 0 Å². The normalized spacial score (nSPS) is 16.1.